The van der Waals surface area contributed by atoms with Crippen LogP contribution in [0.1, 0.15) is 32.1 Å². The standard InChI is InChI=1S/C13H23NO2/c1-2-10(1)13(11-3-4-11)8-14-7-12-5-6-15-9-16-12/h10-14H,1-9H2. The van der Waals surface area contributed by atoms with E-state index in [2.05, 4.69) is 5.32 Å². The molecule has 2 saturated carbocycles. The first kappa shape index (κ1) is 11.0. The lowest BCUT2D eigenvalue weighted by Crippen LogP contribution is -2.36. The highest BCUT2D eigenvalue weighted by Gasteiger charge is 2.40. The topological polar surface area (TPSA) is 30.5 Å². The molecule has 3 rings (SSSR count). The molecule has 1 aliphatic heterocycles. The van der Waals surface area contributed by atoms with Crippen LogP contribution in [0.15, 0.2) is 0 Å². The number of hydrogen-bond donors (Lipinski definition) is 1. The molecule has 92 valence electrons. The Morgan fingerprint density at radius 2 is 1.81 bits per heavy atom. The maximum absolute atomic E-state index is 5.53. The van der Waals surface area contributed by atoms with Crippen LogP contribution >= 0.6 is 0 Å². The van der Waals surface area contributed by atoms with E-state index in [-0.39, 0.29) is 0 Å². The third-order valence-electron chi connectivity index (χ3n) is 4.18. The van der Waals surface area contributed by atoms with Gasteiger partial charge >= 0.3 is 0 Å². The maximum atomic E-state index is 5.53. The lowest BCUT2D eigenvalue weighted by Gasteiger charge is -2.24. The zero-order chi connectivity index (χ0) is 10.8. The van der Waals surface area contributed by atoms with Crippen molar-refractivity contribution in [2.75, 3.05) is 26.5 Å². The molecule has 0 amide bonds. The minimum absolute atomic E-state index is 0.382. The largest absolute Gasteiger partial charge is 0.355 e. The van der Waals surface area contributed by atoms with E-state index in [0.29, 0.717) is 12.9 Å². The minimum Gasteiger partial charge on any atom is -0.355 e. The Morgan fingerprint density at radius 3 is 2.38 bits per heavy atom. The van der Waals surface area contributed by atoms with Crippen molar-refractivity contribution >= 4 is 0 Å². The van der Waals surface area contributed by atoms with E-state index >= 15 is 0 Å². The second kappa shape index (κ2) is 5.03. The molecule has 0 radical (unpaired) electrons. The first-order valence-corrected chi connectivity index (χ1v) is 6.83. The molecular formula is C13H23NO2. The fourth-order valence-electron chi connectivity index (χ4n) is 2.84. The fraction of sp³-hybridized carbons (Fsp3) is 1.00. The molecule has 1 unspecified atom stereocenters. The van der Waals surface area contributed by atoms with Gasteiger partial charge in [0, 0.05) is 6.54 Å². The van der Waals surface area contributed by atoms with Crippen LogP contribution in [0, 0.1) is 17.8 Å². The van der Waals surface area contributed by atoms with Crippen LogP contribution in [-0.4, -0.2) is 32.6 Å². The summed E-state index contributed by atoms with van der Waals surface area (Å²) in [4.78, 5) is 0. The quantitative estimate of drug-likeness (QED) is 0.747. The van der Waals surface area contributed by atoms with Crippen LogP contribution in [-0.2, 0) is 9.47 Å². The van der Waals surface area contributed by atoms with Crippen molar-refractivity contribution in [3.63, 3.8) is 0 Å². The summed E-state index contributed by atoms with van der Waals surface area (Å²) in [6.07, 6.45) is 7.36. The normalized spacial score (nSPS) is 30.9. The molecule has 3 nitrogen and oxygen atoms in total. The van der Waals surface area contributed by atoms with Crippen LogP contribution in [0.25, 0.3) is 0 Å². The molecule has 1 heterocycles. The Labute approximate surface area is 97.9 Å². The monoisotopic (exact) mass is 225 g/mol. The number of hydrogen-bond acceptors (Lipinski definition) is 3. The van der Waals surface area contributed by atoms with Gasteiger partial charge in [-0.3, -0.25) is 0 Å². The van der Waals surface area contributed by atoms with Crippen molar-refractivity contribution in [2.24, 2.45) is 17.8 Å². The predicted octanol–water partition coefficient (Wildman–Crippen LogP) is 1.78. The summed E-state index contributed by atoms with van der Waals surface area (Å²) in [6, 6.07) is 0. The molecule has 0 aromatic rings. The van der Waals surface area contributed by atoms with Crippen molar-refractivity contribution in [3.8, 4) is 0 Å². The molecule has 3 heteroatoms. The van der Waals surface area contributed by atoms with Gasteiger partial charge in [0.15, 0.2) is 0 Å². The molecule has 3 fully saturated rings. The first-order valence-electron chi connectivity index (χ1n) is 6.83. The summed E-state index contributed by atoms with van der Waals surface area (Å²) < 4.78 is 10.7. The van der Waals surface area contributed by atoms with Gasteiger partial charge in [-0.05, 0) is 56.4 Å². The Balaban J connectivity index is 1.34. The summed E-state index contributed by atoms with van der Waals surface area (Å²) in [7, 11) is 0. The second-order valence-corrected chi connectivity index (χ2v) is 5.60. The molecule has 0 aromatic carbocycles. The number of rotatable bonds is 6. The third-order valence-corrected chi connectivity index (χ3v) is 4.18. The highest BCUT2D eigenvalue weighted by Crippen LogP contribution is 2.48. The average molecular weight is 225 g/mol. The average Bonchev–Trinajstić information content (AvgIpc) is 3.17. The summed E-state index contributed by atoms with van der Waals surface area (Å²) in [5.74, 6) is 3.08. The van der Waals surface area contributed by atoms with Gasteiger partial charge in [0.05, 0.1) is 12.7 Å². The maximum Gasteiger partial charge on any atom is 0.147 e. The van der Waals surface area contributed by atoms with Gasteiger partial charge in [-0.25, -0.2) is 0 Å². The van der Waals surface area contributed by atoms with E-state index in [1.54, 1.807) is 0 Å². The summed E-state index contributed by atoms with van der Waals surface area (Å²) in [5, 5.41) is 3.62. The Morgan fingerprint density at radius 1 is 1.06 bits per heavy atom. The van der Waals surface area contributed by atoms with Crippen LogP contribution in [0.4, 0.5) is 0 Å². The molecule has 1 saturated heterocycles. The summed E-state index contributed by atoms with van der Waals surface area (Å²) >= 11 is 0. The molecule has 0 spiro atoms. The molecular weight excluding hydrogens is 202 g/mol. The number of nitrogens with one attached hydrogen (secondary N) is 1. The Hall–Kier alpha value is -0.120. The van der Waals surface area contributed by atoms with Gasteiger partial charge < -0.3 is 14.8 Å². The second-order valence-electron chi connectivity index (χ2n) is 5.60. The zero-order valence-corrected chi connectivity index (χ0v) is 9.99. The summed E-state index contributed by atoms with van der Waals surface area (Å²) in [5.41, 5.74) is 0. The van der Waals surface area contributed by atoms with Gasteiger partial charge in [0.25, 0.3) is 0 Å². The molecule has 1 N–H and O–H groups in total. The van der Waals surface area contributed by atoms with Gasteiger partial charge in [-0.15, -0.1) is 0 Å². The molecule has 16 heavy (non-hydrogen) atoms. The Bertz CT molecular complexity index is 208. The molecule has 3 aliphatic rings. The van der Waals surface area contributed by atoms with Crippen molar-refractivity contribution in [1.29, 1.82) is 0 Å². The van der Waals surface area contributed by atoms with Crippen molar-refractivity contribution in [3.05, 3.63) is 0 Å². The van der Waals surface area contributed by atoms with E-state index in [1.165, 1.54) is 32.2 Å². The highest BCUT2D eigenvalue weighted by atomic mass is 16.7. The fourth-order valence-corrected chi connectivity index (χ4v) is 2.84. The zero-order valence-electron chi connectivity index (χ0n) is 9.99. The molecule has 2 aliphatic carbocycles. The SMILES string of the molecule is C1CC(CNCC(C2CC2)C2CC2)OCO1. The van der Waals surface area contributed by atoms with E-state index in [1.807, 2.05) is 0 Å². The summed E-state index contributed by atoms with van der Waals surface area (Å²) in [6.45, 7) is 3.58. The van der Waals surface area contributed by atoms with E-state index in [0.717, 1.165) is 37.3 Å². The molecule has 0 aromatic heterocycles. The smallest absolute Gasteiger partial charge is 0.147 e. The minimum atomic E-state index is 0.382. The molecule has 1 atom stereocenters. The predicted molar refractivity (Wildman–Crippen MR) is 62.1 cm³/mol. The number of ether oxygens (including phenoxy) is 2. The van der Waals surface area contributed by atoms with E-state index in [4.69, 9.17) is 9.47 Å². The van der Waals surface area contributed by atoms with Gasteiger partial charge in [-0.2, -0.15) is 0 Å². The van der Waals surface area contributed by atoms with E-state index < -0.39 is 0 Å². The lowest BCUT2D eigenvalue weighted by atomic mass is 9.98. The van der Waals surface area contributed by atoms with Crippen LogP contribution in [0.3, 0.4) is 0 Å². The lowest BCUT2D eigenvalue weighted by molar-refractivity contribution is -0.137. The van der Waals surface area contributed by atoms with Gasteiger partial charge in [-0.1, -0.05) is 0 Å². The van der Waals surface area contributed by atoms with E-state index in [9.17, 15) is 0 Å². The van der Waals surface area contributed by atoms with Crippen LogP contribution < -0.4 is 5.32 Å². The third kappa shape index (κ3) is 2.96. The first-order chi connectivity index (χ1) is 7.93. The Kier molecular flexibility index (Phi) is 3.46. The van der Waals surface area contributed by atoms with Crippen molar-refractivity contribution in [1.82, 2.24) is 5.32 Å². The van der Waals surface area contributed by atoms with Gasteiger partial charge in [0.1, 0.15) is 6.79 Å². The van der Waals surface area contributed by atoms with Crippen molar-refractivity contribution < 1.29 is 9.47 Å². The van der Waals surface area contributed by atoms with Crippen LogP contribution in [0.5, 0.6) is 0 Å². The van der Waals surface area contributed by atoms with Crippen molar-refractivity contribution in [2.45, 2.75) is 38.2 Å². The molecule has 0 bridgehead atoms. The highest BCUT2D eigenvalue weighted by molar-refractivity contribution is 4.92. The van der Waals surface area contributed by atoms with Crippen LogP contribution in [0.2, 0.25) is 0 Å². The van der Waals surface area contributed by atoms with Gasteiger partial charge in [0.2, 0.25) is 0 Å².